The summed E-state index contributed by atoms with van der Waals surface area (Å²) in [5.41, 5.74) is 10.3. The number of nitrogens with zero attached hydrogens (tertiary/aromatic N) is 1. The fourth-order valence-corrected chi connectivity index (χ4v) is 0.708. The molecule has 0 rings (SSSR count). The zero-order chi connectivity index (χ0) is 7.98. The van der Waals surface area contributed by atoms with Crippen LogP contribution in [0.1, 0.15) is 34.1 Å². The first kappa shape index (κ1) is 12.9. The van der Waals surface area contributed by atoms with Crippen LogP contribution in [0.4, 0.5) is 0 Å². The predicted octanol–water partition coefficient (Wildman–Crippen LogP) is 1.33. The molecule has 3 nitrogen and oxygen atoms in total. The number of hydrogen-bond donors (Lipinski definition) is 2. The van der Waals surface area contributed by atoms with Gasteiger partial charge in [0.1, 0.15) is 0 Å². The van der Waals surface area contributed by atoms with Gasteiger partial charge in [0.15, 0.2) is 5.96 Å². The second kappa shape index (κ2) is 7.38. The van der Waals surface area contributed by atoms with Crippen LogP contribution in [0.3, 0.4) is 0 Å². The molecule has 4 N–H and O–H groups in total. The van der Waals surface area contributed by atoms with E-state index in [2.05, 4.69) is 18.8 Å². The molecule has 0 aromatic rings. The fourth-order valence-electron chi connectivity index (χ4n) is 0.708. The van der Waals surface area contributed by atoms with E-state index in [4.69, 9.17) is 11.5 Å². The van der Waals surface area contributed by atoms with Gasteiger partial charge in [-0.25, -0.2) is 0 Å². The van der Waals surface area contributed by atoms with Gasteiger partial charge in [-0.05, 0) is 18.8 Å². The van der Waals surface area contributed by atoms with Crippen molar-refractivity contribution in [3.63, 3.8) is 0 Å². The summed E-state index contributed by atoms with van der Waals surface area (Å²) in [6.45, 7) is 5.14. The summed E-state index contributed by atoms with van der Waals surface area (Å²) in [6.07, 6.45) is 2.27. The molecule has 0 fully saturated rings. The molecule has 0 atom stereocenters. The molecular formula is C8H21N3. The minimum absolute atomic E-state index is 0. The van der Waals surface area contributed by atoms with Crippen LogP contribution in [0.15, 0.2) is 4.99 Å². The lowest BCUT2D eigenvalue weighted by Gasteiger charge is -2.00. The van der Waals surface area contributed by atoms with Gasteiger partial charge in [0.25, 0.3) is 0 Å². The largest absolute Gasteiger partial charge is 0.370 e. The molecule has 68 valence electrons. The smallest absolute Gasteiger partial charge is 0.185 e. The lowest BCUT2D eigenvalue weighted by molar-refractivity contribution is 0.561. The zero-order valence-corrected chi connectivity index (χ0v) is 6.80. The maximum atomic E-state index is 5.14. The number of guanidine groups is 1. The summed E-state index contributed by atoms with van der Waals surface area (Å²) >= 11 is 0. The number of rotatable bonds is 4. The summed E-state index contributed by atoms with van der Waals surface area (Å²) in [4.78, 5) is 3.87. The second-order valence-corrected chi connectivity index (χ2v) is 2.84. The summed E-state index contributed by atoms with van der Waals surface area (Å²) in [5.74, 6) is 0.943. The molecule has 0 saturated carbocycles. The topological polar surface area (TPSA) is 64.4 Å². The van der Waals surface area contributed by atoms with Gasteiger partial charge in [-0.3, -0.25) is 4.99 Å². The first-order valence-corrected chi connectivity index (χ1v) is 3.68. The monoisotopic (exact) mass is 159 g/mol. The minimum atomic E-state index is 0. The van der Waals surface area contributed by atoms with Crippen LogP contribution in [0.5, 0.6) is 0 Å². The molecule has 0 aromatic heterocycles. The van der Waals surface area contributed by atoms with Crippen molar-refractivity contribution in [1.82, 2.24) is 0 Å². The van der Waals surface area contributed by atoms with Gasteiger partial charge in [-0.15, -0.1) is 0 Å². The average Bonchev–Trinajstić information content (AvgIpc) is 1.79. The quantitative estimate of drug-likeness (QED) is 0.369. The Morgan fingerprint density at radius 2 is 1.91 bits per heavy atom. The molecule has 0 aliphatic rings. The zero-order valence-electron chi connectivity index (χ0n) is 6.80. The standard InChI is InChI=1S/C7H17N3.CH4/c1-6(2)4-3-5-10-7(8)9;/h6H,3-5H2,1-2H3,(H4,8,9,10);1H4. The van der Waals surface area contributed by atoms with E-state index in [9.17, 15) is 0 Å². The highest BCUT2D eigenvalue weighted by molar-refractivity contribution is 5.75. The first-order chi connectivity index (χ1) is 4.63. The van der Waals surface area contributed by atoms with Gasteiger partial charge in [-0.1, -0.05) is 21.3 Å². The Balaban J connectivity index is 0. The fraction of sp³-hybridized carbons (Fsp3) is 0.875. The van der Waals surface area contributed by atoms with E-state index in [1.807, 2.05) is 0 Å². The Morgan fingerprint density at radius 3 is 2.27 bits per heavy atom. The third kappa shape index (κ3) is 12.5. The number of nitrogens with two attached hydrogens (primary N) is 2. The van der Waals surface area contributed by atoms with E-state index in [1.165, 1.54) is 6.42 Å². The molecule has 0 amide bonds. The van der Waals surface area contributed by atoms with Crippen molar-refractivity contribution >= 4 is 5.96 Å². The molecule has 0 aromatic carbocycles. The first-order valence-electron chi connectivity index (χ1n) is 3.68. The Morgan fingerprint density at radius 1 is 1.36 bits per heavy atom. The van der Waals surface area contributed by atoms with Crippen molar-refractivity contribution in [2.45, 2.75) is 34.1 Å². The summed E-state index contributed by atoms with van der Waals surface area (Å²) in [7, 11) is 0. The molecule has 11 heavy (non-hydrogen) atoms. The normalized spacial score (nSPS) is 9.00. The van der Waals surface area contributed by atoms with Crippen LogP contribution >= 0.6 is 0 Å². The maximum absolute atomic E-state index is 5.14. The molecule has 0 saturated heterocycles. The summed E-state index contributed by atoms with van der Waals surface area (Å²) < 4.78 is 0. The third-order valence-electron chi connectivity index (χ3n) is 1.23. The molecule has 0 unspecified atom stereocenters. The molecule has 0 aliphatic heterocycles. The molecule has 0 spiro atoms. The van der Waals surface area contributed by atoms with Crippen molar-refractivity contribution in [2.24, 2.45) is 22.4 Å². The Bertz CT molecular complexity index is 104. The SMILES string of the molecule is C.CC(C)CCCN=C(N)N. The number of aliphatic imine (C=N–C) groups is 1. The summed E-state index contributed by atoms with van der Waals surface area (Å²) in [5, 5.41) is 0. The van der Waals surface area contributed by atoms with Crippen LogP contribution < -0.4 is 11.5 Å². The van der Waals surface area contributed by atoms with Gasteiger partial charge in [0, 0.05) is 6.54 Å². The van der Waals surface area contributed by atoms with E-state index < -0.39 is 0 Å². The lowest BCUT2D eigenvalue weighted by Crippen LogP contribution is -2.22. The van der Waals surface area contributed by atoms with Crippen molar-refractivity contribution in [3.05, 3.63) is 0 Å². The van der Waals surface area contributed by atoms with Gasteiger partial charge < -0.3 is 11.5 Å². The third-order valence-corrected chi connectivity index (χ3v) is 1.23. The van der Waals surface area contributed by atoms with Crippen molar-refractivity contribution in [3.8, 4) is 0 Å². The van der Waals surface area contributed by atoms with Crippen LogP contribution in [-0.4, -0.2) is 12.5 Å². The van der Waals surface area contributed by atoms with E-state index >= 15 is 0 Å². The Hall–Kier alpha value is -0.730. The van der Waals surface area contributed by atoms with E-state index in [1.54, 1.807) is 0 Å². The number of hydrogen-bond acceptors (Lipinski definition) is 1. The highest BCUT2D eigenvalue weighted by atomic mass is 15.0. The second-order valence-electron chi connectivity index (χ2n) is 2.84. The molecule has 0 aliphatic carbocycles. The lowest BCUT2D eigenvalue weighted by atomic mass is 10.1. The molecule has 0 heterocycles. The average molecular weight is 159 g/mol. The molecule has 0 radical (unpaired) electrons. The predicted molar refractivity (Wildman–Crippen MR) is 51.5 cm³/mol. The maximum Gasteiger partial charge on any atom is 0.185 e. The highest BCUT2D eigenvalue weighted by Crippen LogP contribution is 2.02. The van der Waals surface area contributed by atoms with Crippen LogP contribution in [0, 0.1) is 5.92 Å². The van der Waals surface area contributed by atoms with Crippen LogP contribution in [0.2, 0.25) is 0 Å². The van der Waals surface area contributed by atoms with Crippen molar-refractivity contribution < 1.29 is 0 Å². The molecular weight excluding hydrogens is 138 g/mol. The highest BCUT2D eigenvalue weighted by Gasteiger charge is 1.91. The summed E-state index contributed by atoms with van der Waals surface area (Å²) in [6, 6.07) is 0. The van der Waals surface area contributed by atoms with Crippen LogP contribution in [0.25, 0.3) is 0 Å². The minimum Gasteiger partial charge on any atom is -0.370 e. The van der Waals surface area contributed by atoms with E-state index in [0.29, 0.717) is 0 Å². The van der Waals surface area contributed by atoms with Gasteiger partial charge in [-0.2, -0.15) is 0 Å². The Kier molecular flexibility index (Phi) is 8.65. The van der Waals surface area contributed by atoms with Gasteiger partial charge >= 0.3 is 0 Å². The van der Waals surface area contributed by atoms with Crippen LogP contribution in [-0.2, 0) is 0 Å². The van der Waals surface area contributed by atoms with Crippen molar-refractivity contribution in [2.75, 3.05) is 6.54 Å². The molecule has 0 bridgehead atoms. The van der Waals surface area contributed by atoms with Gasteiger partial charge in [0.05, 0.1) is 0 Å². The Labute approximate surface area is 69.9 Å². The van der Waals surface area contributed by atoms with E-state index in [0.717, 1.165) is 18.9 Å². The van der Waals surface area contributed by atoms with E-state index in [-0.39, 0.29) is 13.4 Å². The van der Waals surface area contributed by atoms with Gasteiger partial charge in [0.2, 0.25) is 0 Å². The van der Waals surface area contributed by atoms with Crippen molar-refractivity contribution in [1.29, 1.82) is 0 Å². The molecule has 3 heteroatoms.